The Kier molecular flexibility index (Phi) is 4.52. The molecule has 0 aromatic carbocycles. The number of hydrogen-bond donors (Lipinski definition) is 0. The zero-order valence-corrected chi connectivity index (χ0v) is 14.9. The van der Waals surface area contributed by atoms with Gasteiger partial charge in [-0.3, -0.25) is 14.2 Å². The molecule has 6 nitrogen and oxygen atoms in total. The van der Waals surface area contributed by atoms with E-state index in [0.717, 1.165) is 4.68 Å². The van der Waals surface area contributed by atoms with Crippen LogP contribution in [-0.2, 0) is 12.0 Å². The molecule has 27 heavy (non-hydrogen) atoms. The van der Waals surface area contributed by atoms with Gasteiger partial charge in [0.2, 0.25) is 0 Å². The van der Waals surface area contributed by atoms with Crippen molar-refractivity contribution in [1.82, 2.24) is 24.3 Å². The van der Waals surface area contributed by atoms with E-state index in [2.05, 4.69) is 15.0 Å². The summed E-state index contributed by atoms with van der Waals surface area (Å²) in [6.45, 7) is 2.63. The molecule has 0 fully saturated rings. The maximum atomic E-state index is 13.3. The van der Waals surface area contributed by atoms with Crippen LogP contribution in [0.4, 0.5) is 17.6 Å². The minimum absolute atomic E-state index is 0.0343. The molecule has 0 atom stereocenters. The smallest absolute Gasteiger partial charge is 0.267 e. The van der Waals surface area contributed by atoms with Gasteiger partial charge in [-0.15, -0.1) is 0 Å². The van der Waals surface area contributed by atoms with Crippen molar-refractivity contribution in [3.8, 4) is 5.69 Å². The average Bonchev–Trinajstić information content (AvgIpc) is 2.85. The maximum Gasteiger partial charge on any atom is 0.408 e. The normalized spacial score (nSPS) is 12.7. The first-order valence-corrected chi connectivity index (χ1v) is 8.08. The molecular formula is C17H17F4N5O. The Morgan fingerprint density at radius 2 is 1.89 bits per heavy atom. The van der Waals surface area contributed by atoms with E-state index in [-0.39, 0.29) is 16.7 Å². The molecule has 0 radical (unpaired) electrons. The SMILES string of the molecule is Cc1ncc2c(=O)n(CC(F)(F)F)n(-c3ccnc(C(C)(C)CF)c3)c2n1. The fourth-order valence-electron chi connectivity index (χ4n) is 2.68. The van der Waals surface area contributed by atoms with Crippen LogP contribution in [0.1, 0.15) is 25.4 Å². The van der Waals surface area contributed by atoms with Crippen molar-refractivity contribution in [2.24, 2.45) is 0 Å². The molecule has 0 spiro atoms. The number of hydrogen-bond acceptors (Lipinski definition) is 4. The summed E-state index contributed by atoms with van der Waals surface area (Å²) in [6, 6.07) is 2.91. The predicted octanol–water partition coefficient (Wildman–Crippen LogP) is 3.10. The van der Waals surface area contributed by atoms with E-state index in [9.17, 15) is 22.4 Å². The number of aryl methyl sites for hydroxylation is 1. The van der Waals surface area contributed by atoms with Gasteiger partial charge in [-0.2, -0.15) is 13.2 Å². The molecule has 0 aliphatic heterocycles. The van der Waals surface area contributed by atoms with E-state index < -0.39 is 30.4 Å². The molecule has 0 unspecified atom stereocenters. The molecule has 0 amide bonds. The quantitative estimate of drug-likeness (QED) is 0.650. The number of fused-ring (bicyclic) bond motifs is 1. The van der Waals surface area contributed by atoms with Gasteiger partial charge in [0.1, 0.15) is 24.4 Å². The second-order valence-electron chi connectivity index (χ2n) is 6.86. The summed E-state index contributed by atoms with van der Waals surface area (Å²) in [4.78, 5) is 24.7. The average molecular weight is 383 g/mol. The summed E-state index contributed by atoms with van der Waals surface area (Å²) >= 11 is 0. The van der Waals surface area contributed by atoms with Crippen molar-refractivity contribution in [3.05, 3.63) is 46.4 Å². The van der Waals surface area contributed by atoms with Gasteiger partial charge in [0.05, 0.1) is 11.4 Å². The van der Waals surface area contributed by atoms with Gasteiger partial charge in [0.15, 0.2) is 5.65 Å². The highest BCUT2D eigenvalue weighted by atomic mass is 19.4. The Morgan fingerprint density at radius 1 is 1.19 bits per heavy atom. The summed E-state index contributed by atoms with van der Waals surface area (Å²) in [6.07, 6.45) is -2.05. The highest BCUT2D eigenvalue weighted by Crippen LogP contribution is 2.26. The van der Waals surface area contributed by atoms with Crippen LogP contribution in [0.25, 0.3) is 16.7 Å². The molecule has 3 heterocycles. The summed E-state index contributed by atoms with van der Waals surface area (Å²) in [5.41, 5.74) is -1.16. The maximum absolute atomic E-state index is 13.3. The van der Waals surface area contributed by atoms with Gasteiger partial charge in [-0.1, -0.05) is 13.8 Å². The summed E-state index contributed by atoms with van der Waals surface area (Å²) < 4.78 is 54.2. The highest BCUT2D eigenvalue weighted by Gasteiger charge is 2.32. The van der Waals surface area contributed by atoms with Gasteiger partial charge >= 0.3 is 6.18 Å². The molecule has 0 saturated heterocycles. The van der Waals surface area contributed by atoms with Gasteiger partial charge < -0.3 is 0 Å². The first kappa shape index (κ1) is 19.0. The molecule has 3 rings (SSSR count). The lowest BCUT2D eigenvalue weighted by Crippen LogP contribution is -2.30. The largest absolute Gasteiger partial charge is 0.408 e. The van der Waals surface area contributed by atoms with Crippen molar-refractivity contribution in [2.45, 2.75) is 38.9 Å². The van der Waals surface area contributed by atoms with Gasteiger partial charge in [0.25, 0.3) is 5.56 Å². The van der Waals surface area contributed by atoms with E-state index in [4.69, 9.17) is 0 Å². The Labute approximate surface area is 151 Å². The predicted molar refractivity (Wildman–Crippen MR) is 90.7 cm³/mol. The lowest BCUT2D eigenvalue weighted by Gasteiger charge is -2.21. The lowest BCUT2D eigenvalue weighted by atomic mass is 9.90. The van der Waals surface area contributed by atoms with Crippen LogP contribution in [0.5, 0.6) is 0 Å². The van der Waals surface area contributed by atoms with Crippen molar-refractivity contribution in [2.75, 3.05) is 6.67 Å². The third-order valence-electron chi connectivity index (χ3n) is 4.14. The second kappa shape index (κ2) is 6.43. The fourth-order valence-corrected chi connectivity index (χ4v) is 2.68. The lowest BCUT2D eigenvalue weighted by molar-refractivity contribution is -0.144. The molecule has 0 aliphatic carbocycles. The topological polar surface area (TPSA) is 65.6 Å². The zero-order chi connectivity index (χ0) is 20.0. The Hall–Kier alpha value is -2.78. The minimum atomic E-state index is -4.62. The van der Waals surface area contributed by atoms with Crippen molar-refractivity contribution < 1.29 is 17.6 Å². The molecule has 0 N–H and O–H groups in total. The van der Waals surface area contributed by atoms with Crippen LogP contribution in [0.2, 0.25) is 0 Å². The van der Waals surface area contributed by atoms with Crippen LogP contribution in [0, 0.1) is 6.92 Å². The molecular weight excluding hydrogens is 366 g/mol. The standard InChI is InChI=1S/C17H17F4N5O/c1-10-23-7-12-14(24-10)26(25(15(12)27)9-17(19,20)21)11-4-5-22-13(6-11)16(2,3)8-18/h4-7H,8-9H2,1-3H3. The van der Waals surface area contributed by atoms with Crippen LogP contribution in [-0.4, -0.2) is 37.2 Å². The number of alkyl halides is 4. The first-order valence-electron chi connectivity index (χ1n) is 8.08. The van der Waals surface area contributed by atoms with Gasteiger partial charge in [-0.05, 0) is 19.1 Å². The highest BCUT2D eigenvalue weighted by molar-refractivity contribution is 5.75. The summed E-state index contributed by atoms with van der Waals surface area (Å²) in [5.74, 6) is 0.304. The van der Waals surface area contributed by atoms with E-state index >= 15 is 0 Å². The third kappa shape index (κ3) is 3.56. The van der Waals surface area contributed by atoms with Crippen molar-refractivity contribution in [3.63, 3.8) is 0 Å². The summed E-state index contributed by atoms with van der Waals surface area (Å²) in [7, 11) is 0. The Balaban J connectivity index is 2.33. The van der Waals surface area contributed by atoms with E-state index in [1.54, 1.807) is 20.8 Å². The van der Waals surface area contributed by atoms with Gasteiger partial charge in [0, 0.05) is 17.8 Å². The second-order valence-corrected chi connectivity index (χ2v) is 6.86. The molecule has 0 saturated carbocycles. The van der Waals surface area contributed by atoms with Crippen LogP contribution >= 0.6 is 0 Å². The van der Waals surface area contributed by atoms with Crippen LogP contribution < -0.4 is 5.56 Å². The van der Waals surface area contributed by atoms with Gasteiger partial charge in [-0.25, -0.2) is 19.3 Å². The first-order chi connectivity index (χ1) is 12.5. The molecule has 0 bridgehead atoms. The molecule has 144 valence electrons. The monoisotopic (exact) mass is 383 g/mol. The number of rotatable bonds is 4. The van der Waals surface area contributed by atoms with E-state index in [1.807, 2.05) is 0 Å². The number of pyridine rings is 1. The number of nitrogens with zero attached hydrogens (tertiary/aromatic N) is 5. The van der Waals surface area contributed by atoms with Crippen molar-refractivity contribution >= 4 is 11.0 Å². The Bertz CT molecular complexity index is 1050. The third-order valence-corrected chi connectivity index (χ3v) is 4.14. The molecule has 0 aliphatic rings. The molecule has 3 aromatic rings. The zero-order valence-electron chi connectivity index (χ0n) is 14.9. The number of halogens is 4. The van der Waals surface area contributed by atoms with E-state index in [1.165, 1.54) is 24.5 Å². The summed E-state index contributed by atoms with van der Waals surface area (Å²) in [5, 5.41) is -0.0343. The minimum Gasteiger partial charge on any atom is -0.267 e. The van der Waals surface area contributed by atoms with Crippen molar-refractivity contribution in [1.29, 1.82) is 0 Å². The van der Waals surface area contributed by atoms with Crippen LogP contribution in [0.3, 0.4) is 0 Å². The van der Waals surface area contributed by atoms with E-state index in [0.29, 0.717) is 16.2 Å². The molecule has 3 aromatic heterocycles. The molecule has 10 heteroatoms. The number of aromatic nitrogens is 5. The Morgan fingerprint density at radius 3 is 2.52 bits per heavy atom. The fraction of sp³-hybridized carbons (Fsp3) is 0.412. The van der Waals surface area contributed by atoms with Crippen LogP contribution in [0.15, 0.2) is 29.3 Å².